The molecule has 0 spiro atoms. The van der Waals surface area contributed by atoms with Crippen LogP contribution in [0.5, 0.6) is 0 Å². The van der Waals surface area contributed by atoms with E-state index >= 15 is 0 Å². The molecule has 3 aromatic carbocycles. The lowest BCUT2D eigenvalue weighted by molar-refractivity contribution is -0.118. The van der Waals surface area contributed by atoms with Crippen LogP contribution in [0.15, 0.2) is 66.7 Å². The molecule has 0 unspecified atom stereocenters. The predicted octanol–water partition coefficient (Wildman–Crippen LogP) is 3.72. The Morgan fingerprint density at radius 3 is 2.30 bits per heavy atom. The second-order valence-electron chi connectivity index (χ2n) is 8.93. The van der Waals surface area contributed by atoms with E-state index < -0.39 is 0 Å². The fourth-order valence-electron chi connectivity index (χ4n) is 4.83. The van der Waals surface area contributed by atoms with E-state index in [2.05, 4.69) is 57.6 Å². The third kappa shape index (κ3) is 5.07. The lowest BCUT2D eigenvalue weighted by Crippen LogP contribution is -2.48. The summed E-state index contributed by atoms with van der Waals surface area (Å²) in [5, 5.41) is 5.60. The van der Waals surface area contributed by atoms with Gasteiger partial charge in [0.05, 0.1) is 6.54 Å². The molecule has 6 heteroatoms. The van der Waals surface area contributed by atoms with Gasteiger partial charge in [-0.05, 0) is 47.0 Å². The van der Waals surface area contributed by atoms with Gasteiger partial charge < -0.3 is 10.2 Å². The van der Waals surface area contributed by atoms with Crippen molar-refractivity contribution in [3.05, 3.63) is 72.3 Å². The summed E-state index contributed by atoms with van der Waals surface area (Å²) in [5.41, 5.74) is 3.03. The van der Waals surface area contributed by atoms with E-state index in [1.54, 1.807) is 0 Å². The molecule has 2 fully saturated rings. The molecule has 2 heterocycles. The van der Waals surface area contributed by atoms with Crippen LogP contribution < -0.4 is 10.2 Å². The number of hydrogen-bond donors (Lipinski definition) is 1. The van der Waals surface area contributed by atoms with E-state index in [9.17, 15) is 9.59 Å². The molecule has 2 aliphatic rings. The number of anilines is 2. The molecule has 2 aliphatic heterocycles. The van der Waals surface area contributed by atoms with Crippen molar-refractivity contribution in [2.75, 3.05) is 49.5 Å². The van der Waals surface area contributed by atoms with Crippen LogP contribution in [0, 0.1) is 0 Å². The van der Waals surface area contributed by atoms with Crippen molar-refractivity contribution >= 4 is 34.0 Å². The molecule has 0 radical (unpaired) electrons. The molecule has 0 aromatic heterocycles. The molecular formula is C27H30N4O2. The standard InChI is InChI=1S/C27H30N4O2/c32-26(28-23-10-12-24(13-11-23)31-14-4-9-27(31)33)20-30-17-15-29(16-18-30)19-22-7-3-6-21-5-1-2-8-25(21)22/h1-3,5-8,10-13H,4,9,14-20H2,(H,28,32). The van der Waals surface area contributed by atoms with Crippen molar-refractivity contribution in [3.63, 3.8) is 0 Å². The molecule has 0 aliphatic carbocycles. The Labute approximate surface area is 194 Å². The summed E-state index contributed by atoms with van der Waals surface area (Å²) in [6.07, 6.45) is 1.53. The summed E-state index contributed by atoms with van der Waals surface area (Å²) in [7, 11) is 0. The number of piperazine rings is 1. The molecule has 2 saturated heterocycles. The first-order valence-corrected chi connectivity index (χ1v) is 11.8. The van der Waals surface area contributed by atoms with Gasteiger partial charge in [0.15, 0.2) is 0 Å². The van der Waals surface area contributed by atoms with Gasteiger partial charge in [-0.15, -0.1) is 0 Å². The second-order valence-corrected chi connectivity index (χ2v) is 8.93. The Kier molecular flexibility index (Phi) is 6.37. The van der Waals surface area contributed by atoms with E-state index in [0.717, 1.165) is 57.1 Å². The Bertz CT molecular complexity index is 1130. The molecule has 0 bridgehead atoms. The normalized spacial score (nSPS) is 17.6. The van der Waals surface area contributed by atoms with Crippen LogP contribution in [-0.4, -0.2) is 60.9 Å². The highest BCUT2D eigenvalue weighted by atomic mass is 16.2. The van der Waals surface area contributed by atoms with Gasteiger partial charge >= 0.3 is 0 Å². The van der Waals surface area contributed by atoms with E-state index in [1.165, 1.54) is 16.3 Å². The maximum Gasteiger partial charge on any atom is 0.238 e. The van der Waals surface area contributed by atoms with Gasteiger partial charge in [-0.25, -0.2) is 0 Å². The van der Waals surface area contributed by atoms with Gasteiger partial charge in [0.25, 0.3) is 0 Å². The van der Waals surface area contributed by atoms with E-state index in [0.29, 0.717) is 13.0 Å². The van der Waals surface area contributed by atoms with Gasteiger partial charge in [0.2, 0.25) is 11.8 Å². The van der Waals surface area contributed by atoms with Gasteiger partial charge in [0.1, 0.15) is 0 Å². The smallest absolute Gasteiger partial charge is 0.238 e. The fourth-order valence-corrected chi connectivity index (χ4v) is 4.83. The topological polar surface area (TPSA) is 55.9 Å². The number of nitrogens with one attached hydrogen (secondary N) is 1. The first kappa shape index (κ1) is 21.6. The quantitative estimate of drug-likeness (QED) is 0.632. The van der Waals surface area contributed by atoms with Crippen LogP contribution >= 0.6 is 0 Å². The van der Waals surface area contributed by atoms with Crippen molar-refractivity contribution in [1.82, 2.24) is 9.80 Å². The minimum atomic E-state index is 0.00232. The molecule has 170 valence electrons. The van der Waals surface area contributed by atoms with E-state index in [-0.39, 0.29) is 11.8 Å². The van der Waals surface area contributed by atoms with Crippen LogP contribution in [0.4, 0.5) is 11.4 Å². The Morgan fingerprint density at radius 2 is 1.55 bits per heavy atom. The van der Waals surface area contributed by atoms with E-state index in [4.69, 9.17) is 0 Å². The van der Waals surface area contributed by atoms with Crippen LogP contribution in [0.25, 0.3) is 10.8 Å². The van der Waals surface area contributed by atoms with Crippen molar-refractivity contribution < 1.29 is 9.59 Å². The van der Waals surface area contributed by atoms with Gasteiger partial charge in [-0.2, -0.15) is 0 Å². The summed E-state index contributed by atoms with van der Waals surface area (Å²) >= 11 is 0. The number of benzene rings is 3. The minimum Gasteiger partial charge on any atom is -0.325 e. The maximum absolute atomic E-state index is 12.6. The van der Waals surface area contributed by atoms with Gasteiger partial charge in [-0.1, -0.05) is 42.5 Å². The average Bonchev–Trinajstić information content (AvgIpc) is 3.27. The number of fused-ring (bicyclic) bond motifs is 1. The Hall–Kier alpha value is -3.22. The molecule has 1 N–H and O–H groups in total. The summed E-state index contributed by atoms with van der Waals surface area (Å²) < 4.78 is 0. The number of nitrogens with zero attached hydrogens (tertiary/aromatic N) is 3. The number of carbonyl (C=O) groups is 2. The highest BCUT2D eigenvalue weighted by molar-refractivity contribution is 5.96. The summed E-state index contributed by atoms with van der Waals surface area (Å²) in [6, 6.07) is 22.6. The number of hydrogen-bond acceptors (Lipinski definition) is 4. The molecule has 2 amide bonds. The molecule has 5 rings (SSSR count). The largest absolute Gasteiger partial charge is 0.325 e. The first-order chi connectivity index (χ1) is 16.2. The SMILES string of the molecule is O=C(CN1CCN(Cc2cccc3ccccc23)CC1)Nc1ccc(N2CCCC2=O)cc1. The fraction of sp³-hybridized carbons (Fsp3) is 0.333. The number of rotatable bonds is 6. The minimum absolute atomic E-state index is 0.00232. The average molecular weight is 443 g/mol. The number of carbonyl (C=O) groups excluding carboxylic acids is 2. The summed E-state index contributed by atoms with van der Waals surface area (Å²) in [6.45, 7) is 5.78. The zero-order valence-electron chi connectivity index (χ0n) is 18.9. The second kappa shape index (κ2) is 9.73. The molecule has 3 aromatic rings. The van der Waals surface area contributed by atoms with Crippen LogP contribution in [0.2, 0.25) is 0 Å². The van der Waals surface area contributed by atoms with Crippen LogP contribution in [0.1, 0.15) is 18.4 Å². The highest BCUT2D eigenvalue weighted by Gasteiger charge is 2.22. The lowest BCUT2D eigenvalue weighted by Gasteiger charge is -2.34. The zero-order valence-corrected chi connectivity index (χ0v) is 18.9. The molecular weight excluding hydrogens is 412 g/mol. The monoisotopic (exact) mass is 442 g/mol. The number of amides is 2. The van der Waals surface area contributed by atoms with Gasteiger partial charge in [-0.3, -0.25) is 19.4 Å². The Balaban J connectivity index is 1.10. The lowest BCUT2D eigenvalue weighted by atomic mass is 10.0. The molecule has 33 heavy (non-hydrogen) atoms. The molecule has 0 atom stereocenters. The molecule has 6 nitrogen and oxygen atoms in total. The molecule has 0 saturated carbocycles. The van der Waals surface area contributed by atoms with E-state index in [1.807, 2.05) is 29.2 Å². The van der Waals surface area contributed by atoms with Crippen LogP contribution in [-0.2, 0) is 16.1 Å². The third-order valence-electron chi connectivity index (χ3n) is 6.64. The van der Waals surface area contributed by atoms with Gasteiger partial charge in [0, 0.05) is 57.1 Å². The predicted molar refractivity (Wildman–Crippen MR) is 132 cm³/mol. The highest BCUT2D eigenvalue weighted by Crippen LogP contribution is 2.23. The first-order valence-electron chi connectivity index (χ1n) is 11.8. The van der Waals surface area contributed by atoms with Crippen molar-refractivity contribution in [2.45, 2.75) is 19.4 Å². The summed E-state index contributed by atoms with van der Waals surface area (Å²) in [4.78, 5) is 30.9. The summed E-state index contributed by atoms with van der Waals surface area (Å²) in [5.74, 6) is 0.175. The maximum atomic E-state index is 12.6. The van der Waals surface area contributed by atoms with Crippen molar-refractivity contribution in [3.8, 4) is 0 Å². The Morgan fingerprint density at radius 1 is 0.818 bits per heavy atom. The van der Waals surface area contributed by atoms with Crippen molar-refractivity contribution in [1.29, 1.82) is 0 Å². The van der Waals surface area contributed by atoms with Crippen LogP contribution in [0.3, 0.4) is 0 Å². The third-order valence-corrected chi connectivity index (χ3v) is 6.64. The van der Waals surface area contributed by atoms with Crippen molar-refractivity contribution in [2.24, 2.45) is 0 Å². The zero-order chi connectivity index (χ0) is 22.6.